The van der Waals surface area contributed by atoms with E-state index in [9.17, 15) is 14.4 Å². The van der Waals surface area contributed by atoms with Crippen LogP contribution in [0.15, 0.2) is 36.4 Å². The number of nitriles is 1. The summed E-state index contributed by atoms with van der Waals surface area (Å²) in [5.41, 5.74) is 3.30. The third kappa shape index (κ3) is 4.19. The van der Waals surface area contributed by atoms with Gasteiger partial charge in [0.25, 0.3) is 5.91 Å². The molecule has 1 saturated heterocycles. The second kappa shape index (κ2) is 8.87. The van der Waals surface area contributed by atoms with Crippen molar-refractivity contribution in [2.24, 2.45) is 0 Å². The number of halogens is 1. The lowest BCUT2D eigenvalue weighted by molar-refractivity contribution is -0.134. The smallest absolute Gasteiger partial charge is 0.319 e. The molecule has 1 unspecified atom stereocenters. The number of aryl methyl sites for hydroxylation is 3. The number of nitrogens with zero attached hydrogens (tertiary/aromatic N) is 3. The normalized spacial score (nSPS) is 19.3. The van der Waals surface area contributed by atoms with Crippen molar-refractivity contribution in [3.05, 3.63) is 63.7 Å². The molecule has 0 radical (unpaired) electrons. The maximum Gasteiger partial charge on any atom is 0.325 e. The first-order valence-electron chi connectivity index (χ1n) is 10.9. The molecular weight excluding hydrogens is 440 g/mol. The van der Waals surface area contributed by atoms with Gasteiger partial charge in [-0.15, -0.1) is 0 Å². The van der Waals surface area contributed by atoms with Crippen molar-refractivity contribution in [2.45, 2.75) is 45.1 Å². The van der Waals surface area contributed by atoms with Crippen LogP contribution >= 0.6 is 11.6 Å². The van der Waals surface area contributed by atoms with Gasteiger partial charge in [0.2, 0.25) is 5.91 Å². The molecule has 1 heterocycles. The van der Waals surface area contributed by atoms with Gasteiger partial charge in [-0.05, 0) is 73.6 Å². The Bertz CT molecular complexity index is 1190. The lowest BCUT2D eigenvalue weighted by Gasteiger charge is -2.25. The Kier molecular flexibility index (Phi) is 6.13. The minimum atomic E-state index is -1.23. The van der Waals surface area contributed by atoms with E-state index in [1.165, 1.54) is 16.0 Å². The lowest BCUT2D eigenvalue weighted by atomic mass is 9.89. The molecule has 0 spiro atoms. The Morgan fingerprint density at radius 2 is 1.97 bits per heavy atom. The Labute approximate surface area is 197 Å². The molecule has 1 fully saturated rings. The van der Waals surface area contributed by atoms with Gasteiger partial charge < -0.3 is 10.2 Å². The fourth-order valence-electron chi connectivity index (χ4n) is 4.50. The van der Waals surface area contributed by atoms with Gasteiger partial charge in [-0.3, -0.25) is 14.5 Å². The minimum absolute atomic E-state index is 0.112. The standard InChI is InChI=1S/C25H25ClN4O3/c1-16-13-20(9-10-21(16)26)29(12-4-11-27)22(31)15-30-23(32)25(2,28-24(30)33)19-8-7-17-5-3-6-18(17)14-19/h7-10,13-14H,3-6,12,15H2,1-2H3,(H,28,33). The van der Waals surface area contributed by atoms with Gasteiger partial charge in [0.15, 0.2) is 0 Å². The quantitative estimate of drug-likeness (QED) is 0.657. The molecule has 2 aromatic carbocycles. The van der Waals surface area contributed by atoms with E-state index in [1.807, 2.05) is 31.2 Å². The van der Waals surface area contributed by atoms with Crippen LogP contribution in [0.3, 0.4) is 0 Å². The molecule has 0 saturated carbocycles. The lowest BCUT2D eigenvalue weighted by Crippen LogP contribution is -2.45. The van der Waals surface area contributed by atoms with Gasteiger partial charge in [-0.25, -0.2) is 4.79 Å². The molecule has 0 aromatic heterocycles. The predicted molar refractivity (Wildman–Crippen MR) is 125 cm³/mol. The number of nitrogens with one attached hydrogen (secondary N) is 1. The summed E-state index contributed by atoms with van der Waals surface area (Å²) in [6.45, 7) is 3.21. The number of rotatable bonds is 6. The third-order valence-electron chi connectivity index (χ3n) is 6.45. The summed E-state index contributed by atoms with van der Waals surface area (Å²) in [5, 5.41) is 12.4. The van der Waals surface area contributed by atoms with Crippen LogP contribution in [0.5, 0.6) is 0 Å². The summed E-state index contributed by atoms with van der Waals surface area (Å²) in [4.78, 5) is 41.7. The first-order valence-corrected chi connectivity index (χ1v) is 11.3. The maximum atomic E-state index is 13.3. The maximum absolute atomic E-state index is 13.3. The van der Waals surface area contributed by atoms with Crippen LogP contribution in [-0.2, 0) is 28.0 Å². The number of urea groups is 1. The number of anilines is 1. The SMILES string of the molecule is Cc1cc(N(CCC#N)C(=O)CN2C(=O)NC(C)(c3ccc4c(c3)CCC4)C2=O)ccc1Cl. The zero-order chi connectivity index (χ0) is 23.8. The van der Waals surface area contributed by atoms with Crippen LogP contribution < -0.4 is 10.2 Å². The minimum Gasteiger partial charge on any atom is -0.319 e. The summed E-state index contributed by atoms with van der Waals surface area (Å²) in [7, 11) is 0. The molecule has 1 atom stereocenters. The van der Waals surface area contributed by atoms with Crippen molar-refractivity contribution in [3.63, 3.8) is 0 Å². The van der Waals surface area contributed by atoms with Gasteiger partial charge in [0.05, 0.1) is 12.5 Å². The number of benzene rings is 2. The highest BCUT2D eigenvalue weighted by Gasteiger charge is 2.50. The van der Waals surface area contributed by atoms with Crippen LogP contribution in [0.4, 0.5) is 10.5 Å². The van der Waals surface area contributed by atoms with Crippen molar-refractivity contribution < 1.29 is 14.4 Å². The highest BCUT2D eigenvalue weighted by atomic mass is 35.5. The molecule has 7 nitrogen and oxygen atoms in total. The monoisotopic (exact) mass is 464 g/mol. The van der Waals surface area contributed by atoms with E-state index in [0.29, 0.717) is 16.3 Å². The Balaban J connectivity index is 1.57. The molecule has 0 bridgehead atoms. The molecule has 8 heteroatoms. The average molecular weight is 465 g/mol. The fourth-order valence-corrected chi connectivity index (χ4v) is 4.61. The van der Waals surface area contributed by atoms with Crippen LogP contribution in [0.2, 0.25) is 5.02 Å². The van der Waals surface area contributed by atoms with Gasteiger partial charge in [0, 0.05) is 17.3 Å². The van der Waals surface area contributed by atoms with Crippen LogP contribution in [-0.4, -0.2) is 35.8 Å². The Morgan fingerprint density at radius 3 is 2.70 bits per heavy atom. The molecule has 2 aromatic rings. The molecule has 1 N–H and O–H groups in total. The average Bonchev–Trinajstić information content (AvgIpc) is 3.34. The summed E-state index contributed by atoms with van der Waals surface area (Å²) in [6.07, 6.45) is 3.17. The highest BCUT2D eigenvalue weighted by Crippen LogP contribution is 2.33. The zero-order valence-corrected chi connectivity index (χ0v) is 19.4. The Morgan fingerprint density at radius 1 is 1.21 bits per heavy atom. The van der Waals surface area contributed by atoms with Gasteiger partial charge in [-0.2, -0.15) is 5.26 Å². The zero-order valence-electron chi connectivity index (χ0n) is 18.7. The molecule has 1 aliphatic heterocycles. The third-order valence-corrected chi connectivity index (χ3v) is 6.87. The van der Waals surface area contributed by atoms with E-state index >= 15 is 0 Å². The Hall–Kier alpha value is -3.37. The van der Waals surface area contributed by atoms with Gasteiger partial charge >= 0.3 is 6.03 Å². The topological polar surface area (TPSA) is 93.5 Å². The summed E-state index contributed by atoms with van der Waals surface area (Å²) >= 11 is 6.11. The molecule has 1 aliphatic carbocycles. The molecule has 2 aliphatic rings. The number of fused-ring (bicyclic) bond motifs is 1. The van der Waals surface area contributed by atoms with E-state index in [1.54, 1.807) is 25.1 Å². The number of hydrogen-bond acceptors (Lipinski definition) is 4. The molecule has 33 heavy (non-hydrogen) atoms. The fraction of sp³-hybridized carbons (Fsp3) is 0.360. The second-order valence-electron chi connectivity index (χ2n) is 8.67. The first kappa shape index (κ1) is 22.8. The molecule has 170 valence electrons. The predicted octanol–water partition coefficient (Wildman–Crippen LogP) is 3.85. The van der Waals surface area contributed by atoms with Crippen molar-refractivity contribution in [2.75, 3.05) is 18.0 Å². The highest BCUT2D eigenvalue weighted by molar-refractivity contribution is 6.31. The van der Waals surface area contributed by atoms with Crippen molar-refractivity contribution in [1.82, 2.24) is 10.2 Å². The number of amides is 4. The first-order chi connectivity index (χ1) is 15.7. The van der Waals surface area contributed by atoms with E-state index in [-0.39, 0.29) is 13.0 Å². The number of carbonyl (C=O) groups excluding carboxylic acids is 3. The van der Waals surface area contributed by atoms with Crippen LogP contribution in [0.1, 0.15) is 42.0 Å². The van der Waals surface area contributed by atoms with E-state index in [0.717, 1.165) is 29.7 Å². The molecule has 4 rings (SSSR count). The second-order valence-corrected chi connectivity index (χ2v) is 9.08. The van der Waals surface area contributed by atoms with Crippen molar-refractivity contribution in [3.8, 4) is 6.07 Å². The van der Waals surface area contributed by atoms with Gasteiger partial charge in [-0.1, -0.05) is 29.8 Å². The van der Waals surface area contributed by atoms with E-state index < -0.39 is 29.9 Å². The summed E-state index contributed by atoms with van der Waals surface area (Å²) in [6, 6.07) is 12.4. The molecule has 4 amide bonds. The van der Waals surface area contributed by atoms with E-state index in [2.05, 4.69) is 5.32 Å². The summed E-state index contributed by atoms with van der Waals surface area (Å²) < 4.78 is 0. The number of imide groups is 1. The summed E-state index contributed by atoms with van der Waals surface area (Å²) in [5.74, 6) is -0.917. The molecular formula is C25H25ClN4O3. The number of hydrogen-bond donors (Lipinski definition) is 1. The largest absolute Gasteiger partial charge is 0.325 e. The van der Waals surface area contributed by atoms with Crippen molar-refractivity contribution in [1.29, 1.82) is 5.26 Å². The van der Waals surface area contributed by atoms with Gasteiger partial charge in [0.1, 0.15) is 12.1 Å². The van der Waals surface area contributed by atoms with Crippen LogP contribution in [0.25, 0.3) is 0 Å². The number of carbonyl (C=O) groups is 3. The van der Waals surface area contributed by atoms with Crippen LogP contribution in [0, 0.1) is 18.3 Å². The van der Waals surface area contributed by atoms with E-state index in [4.69, 9.17) is 16.9 Å². The van der Waals surface area contributed by atoms with Crippen molar-refractivity contribution >= 4 is 35.1 Å².